The van der Waals surface area contributed by atoms with E-state index in [0.717, 1.165) is 43.4 Å². The lowest BCUT2D eigenvalue weighted by Gasteiger charge is -2.11. The van der Waals surface area contributed by atoms with Crippen LogP contribution in [-0.2, 0) is 11.2 Å². The minimum absolute atomic E-state index is 0.0930. The first-order valence-electron chi connectivity index (χ1n) is 15.4. The van der Waals surface area contributed by atoms with Crippen LogP contribution in [-0.4, -0.2) is 39.0 Å². The second kappa shape index (κ2) is 11.1. The summed E-state index contributed by atoms with van der Waals surface area (Å²) < 4.78 is 17.2. The van der Waals surface area contributed by atoms with Gasteiger partial charge in [-0.1, -0.05) is 36.4 Å². The maximum absolute atomic E-state index is 15.4. The lowest BCUT2D eigenvalue weighted by molar-refractivity contribution is -0.122. The molecule has 43 heavy (non-hydrogen) atoms. The Balaban J connectivity index is 1.08. The monoisotopic (exact) mass is 577 g/mol. The summed E-state index contributed by atoms with van der Waals surface area (Å²) in [5, 5.41) is 10.9. The van der Waals surface area contributed by atoms with Crippen molar-refractivity contribution >= 4 is 23.0 Å². The van der Waals surface area contributed by atoms with Crippen LogP contribution >= 0.6 is 0 Å². The van der Waals surface area contributed by atoms with E-state index in [2.05, 4.69) is 40.8 Å². The van der Waals surface area contributed by atoms with Crippen LogP contribution in [0.25, 0.3) is 22.5 Å². The Labute approximate surface area is 250 Å². The summed E-state index contributed by atoms with van der Waals surface area (Å²) in [4.78, 5) is 30.0. The normalized spacial score (nSPS) is 19.8. The van der Waals surface area contributed by atoms with Gasteiger partial charge in [0.2, 0.25) is 5.91 Å². The molecule has 0 bridgehead atoms. The smallest absolute Gasteiger partial charge is 0.270 e. The molecule has 3 aliphatic carbocycles. The molecule has 2 atom stereocenters. The number of halogens is 1. The minimum Gasteiger partial charge on any atom is -0.352 e. The van der Waals surface area contributed by atoms with Crippen molar-refractivity contribution in [2.45, 2.75) is 70.3 Å². The molecule has 4 aromatic rings. The third-order valence-corrected chi connectivity index (χ3v) is 9.00. The number of benzene rings is 2. The predicted molar refractivity (Wildman–Crippen MR) is 164 cm³/mol. The Morgan fingerprint density at radius 3 is 2.63 bits per heavy atom. The molecule has 0 unspecified atom stereocenters. The molecule has 0 saturated heterocycles. The minimum atomic E-state index is -0.348. The zero-order valence-electron chi connectivity index (χ0n) is 24.6. The first-order chi connectivity index (χ1) is 20.9. The van der Waals surface area contributed by atoms with Crippen molar-refractivity contribution in [3.05, 3.63) is 94.6 Å². The number of allylic oxidation sites excluding steroid dienone is 2. The summed E-state index contributed by atoms with van der Waals surface area (Å²) in [5.74, 6) is 0.190. The van der Waals surface area contributed by atoms with E-state index in [0.29, 0.717) is 41.5 Å². The number of hydrogen-bond donors (Lipinski definition) is 2. The third-order valence-electron chi connectivity index (χ3n) is 9.00. The van der Waals surface area contributed by atoms with Gasteiger partial charge in [-0.05, 0) is 92.8 Å². The fraction of sp³-hybridized carbons (Fsp3) is 0.371. The summed E-state index contributed by atoms with van der Waals surface area (Å²) in [5.41, 5.74) is 7.19. The molecule has 0 radical (unpaired) electrons. The standard InChI is InChI=1S/C35H36FN5O2/c1-3-20(2)25-7-5-4-6-21(25)14-15-37-35(43)31-18-32(22-8-9-22)41-33(38-31)19-30(40-41)26-13-12-24(16-28(26)36)27-17-29(27)39-34(42)23-10-11-23/h3-7,12-13,16,18-19,22-23,27,29H,8-11,14-15,17H2,1-2H3,(H,37,43)(H,39,42)/b20-3-/t27-,29+/m1/s1. The van der Waals surface area contributed by atoms with Crippen molar-refractivity contribution in [3.63, 3.8) is 0 Å². The van der Waals surface area contributed by atoms with Gasteiger partial charge in [-0.25, -0.2) is 13.9 Å². The highest BCUT2D eigenvalue weighted by molar-refractivity contribution is 5.93. The molecule has 3 aliphatic rings. The van der Waals surface area contributed by atoms with Gasteiger partial charge in [-0.3, -0.25) is 9.59 Å². The molecule has 2 aromatic heterocycles. The first kappa shape index (κ1) is 27.5. The molecule has 0 aliphatic heterocycles. The third kappa shape index (κ3) is 5.70. The number of aromatic nitrogens is 3. The molecule has 7 nitrogen and oxygen atoms in total. The molecule has 2 heterocycles. The van der Waals surface area contributed by atoms with E-state index >= 15 is 4.39 Å². The Hall–Kier alpha value is -4.33. The zero-order chi connectivity index (χ0) is 29.7. The van der Waals surface area contributed by atoms with E-state index in [1.54, 1.807) is 22.7 Å². The molecule has 3 saturated carbocycles. The molecular weight excluding hydrogens is 541 g/mol. The lowest BCUT2D eigenvalue weighted by Crippen LogP contribution is -2.27. The summed E-state index contributed by atoms with van der Waals surface area (Å²) in [7, 11) is 0. The number of hydrogen-bond acceptors (Lipinski definition) is 4. The number of rotatable bonds is 10. The molecule has 8 heteroatoms. The van der Waals surface area contributed by atoms with Crippen LogP contribution in [0, 0.1) is 11.7 Å². The topological polar surface area (TPSA) is 88.4 Å². The van der Waals surface area contributed by atoms with Gasteiger partial charge in [0, 0.05) is 47.7 Å². The van der Waals surface area contributed by atoms with E-state index in [9.17, 15) is 9.59 Å². The highest BCUT2D eigenvalue weighted by Crippen LogP contribution is 2.43. The average molecular weight is 578 g/mol. The predicted octanol–water partition coefficient (Wildman–Crippen LogP) is 6.19. The van der Waals surface area contributed by atoms with E-state index in [1.165, 1.54) is 16.7 Å². The highest BCUT2D eigenvalue weighted by atomic mass is 19.1. The Bertz CT molecular complexity index is 1770. The van der Waals surface area contributed by atoms with Gasteiger partial charge >= 0.3 is 0 Å². The molecule has 3 fully saturated rings. The number of amides is 2. The van der Waals surface area contributed by atoms with Gasteiger partial charge in [-0.2, -0.15) is 5.10 Å². The van der Waals surface area contributed by atoms with Crippen molar-refractivity contribution in [2.24, 2.45) is 5.92 Å². The molecule has 2 N–H and O–H groups in total. The summed E-state index contributed by atoms with van der Waals surface area (Å²) in [6, 6.07) is 17.2. The molecule has 2 aromatic carbocycles. The van der Waals surface area contributed by atoms with Crippen LogP contribution in [0.1, 0.15) is 90.7 Å². The van der Waals surface area contributed by atoms with Gasteiger partial charge in [0.05, 0.1) is 5.69 Å². The fourth-order valence-corrected chi connectivity index (χ4v) is 5.93. The maximum Gasteiger partial charge on any atom is 0.270 e. The van der Waals surface area contributed by atoms with Crippen molar-refractivity contribution < 1.29 is 14.0 Å². The lowest BCUT2D eigenvalue weighted by atomic mass is 9.98. The highest BCUT2D eigenvalue weighted by Gasteiger charge is 2.42. The second-order valence-corrected chi connectivity index (χ2v) is 12.2. The van der Waals surface area contributed by atoms with Crippen LogP contribution < -0.4 is 10.6 Å². The first-order valence-corrected chi connectivity index (χ1v) is 15.4. The number of nitrogens with one attached hydrogen (secondary N) is 2. The van der Waals surface area contributed by atoms with Crippen LogP contribution in [0.2, 0.25) is 0 Å². The van der Waals surface area contributed by atoms with Gasteiger partial charge < -0.3 is 10.6 Å². The Morgan fingerprint density at radius 1 is 1.07 bits per heavy atom. The van der Waals surface area contributed by atoms with Crippen LogP contribution in [0.4, 0.5) is 4.39 Å². The van der Waals surface area contributed by atoms with Crippen molar-refractivity contribution in [1.82, 2.24) is 25.2 Å². The Kier molecular flexibility index (Phi) is 7.07. The van der Waals surface area contributed by atoms with Crippen LogP contribution in [0.3, 0.4) is 0 Å². The van der Waals surface area contributed by atoms with Crippen LogP contribution in [0.15, 0.2) is 60.7 Å². The molecule has 220 valence electrons. The Morgan fingerprint density at radius 2 is 1.88 bits per heavy atom. The van der Waals surface area contributed by atoms with E-state index in [1.807, 2.05) is 31.2 Å². The number of carbonyl (C=O) groups excluding carboxylic acids is 2. The largest absolute Gasteiger partial charge is 0.352 e. The molecule has 7 rings (SSSR count). The maximum atomic E-state index is 15.4. The average Bonchev–Trinajstić information content (AvgIpc) is 3.88. The fourth-order valence-electron chi connectivity index (χ4n) is 5.93. The summed E-state index contributed by atoms with van der Waals surface area (Å²) in [6.07, 6.45) is 7.65. The van der Waals surface area contributed by atoms with Crippen molar-refractivity contribution in [2.75, 3.05) is 6.54 Å². The van der Waals surface area contributed by atoms with E-state index < -0.39 is 0 Å². The number of nitrogens with zero attached hydrogens (tertiary/aromatic N) is 3. The van der Waals surface area contributed by atoms with E-state index in [-0.39, 0.29) is 35.5 Å². The van der Waals surface area contributed by atoms with Crippen molar-refractivity contribution in [1.29, 1.82) is 0 Å². The SMILES string of the molecule is C/C=C(/C)c1ccccc1CCNC(=O)c1cc(C2CC2)n2nc(-c3ccc([C@H]4C[C@@H]4NC(=O)C4CC4)cc3F)cc2n1. The molecule has 2 amide bonds. The zero-order valence-corrected chi connectivity index (χ0v) is 24.6. The van der Waals surface area contributed by atoms with E-state index in [4.69, 9.17) is 5.10 Å². The van der Waals surface area contributed by atoms with Gasteiger partial charge in [0.1, 0.15) is 11.5 Å². The molecular formula is C35H36FN5O2. The number of fused-ring (bicyclic) bond motifs is 1. The molecule has 0 spiro atoms. The summed E-state index contributed by atoms with van der Waals surface area (Å²) >= 11 is 0. The van der Waals surface area contributed by atoms with Gasteiger partial charge in [0.15, 0.2) is 5.65 Å². The number of carbonyl (C=O) groups is 2. The second-order valence-electron chi connectivity index (χ2n) is 12.2. The van der Waals surface area contributed by atoms with Crippen molar-refractivity contribution in [3.8, 4) is 11.3 Å². The van der Waals surface area contributed by atoms with Gasteiger partial charge in [-0.15, -0.1) is 0 Å². The summed E-state index contributed by atoms with van der Waals surface area (Å²) in [6.45, 7) is 4.61. The van der Waals surface area contributed by atoms with Crippen LogP contribution in [0.5, 0.6) is 0 Å². The van der Waals surface area contributed by atoms with Gasteiger partial charge in [0.25, 0.3) is 5.91 Å². The quantitative estimate of drug-likeness (QED) is 0.235.